The molecule has 2 aromatic rings. The maximum Gasteiger partial charge on any atom is 0.150 e. The second-order valence-electron chi connectivity index (χ2n) is 4.70. The summed E-state index contributed by atoms with van der Waals surface area (Å²) < 4.78 is 29.2. The molecule has 0 bridgehead atoms. The highest BCUT2D eigenvalue weighted by molar-refractivity contribution is 9.10. The highest BCUT2D eigenvalue weighted by Crippen LogP contribution is 2.31. The Hall–Kier alpha value is -0.850. The number of hydrogen-bond acceptors (Lipinski definition) is 4. The largest absolute Gasteiger partial charge is 0.457 e. The second-order valence-corrected chi connectivity index (χ2v) is 8.03. The van der Waals surface area contributed by atoms with Gasteiger partial charge in [0, 0.05) is 11.1 Å². The third kappa shape index (κ3) is 3.62. The van der Waals surface area contributed by atoms with Crippen molar-refractivity contribution in [3.63, 3.8) is 0 Å². The van der Waals surface area contributed by atoms with Crippen molar-refractivity contribution >= 4 is 36.7 Å². The van der Waals surface area contributed by atoms with E-state index >= 15 is 0 Å². The first kappa shape index (κ1) is 15.5. The lowest BCUT2D eigenvalue weighted by molar-refractivity contribution is 0.142. The minimum Gasteiger partial charge on any atom is -0.457 e. The zero-order chi connectivity index (χ0) is 14.8. The zero-order valence-electron chi connectivity index (χ0n) is 11.2. The molecular weight excluding hydrogens is 344 g/mol. The van der Waals surface area contributed by atoms with Crippen molar-refractivity contribution in [2.45, 2.75) is 25.9 Å². The molecule has 110 valence electrons. The number of aliphatic hydroxyl groups is 1. The summed E-state index contributed by atoms with van der Waals surface area (Å²) in [4.78, 5) is 0. The summed E-state index contributed by atoms with van der Waals surface area (Å²) in [6.45, 7) is 1.63. The van der Waals surface area contributed by atoms with E-state index in [0.29, 0.717) is 24.2 Å². The van der Waals surface area contributed by atoms with Crippen LogP contribution >= 0.6 is 15.9 Å². The quantitative estimate of drug-likeness (QED) is 0.856. The van der Waals surface area contributed by atoms with Gasteiger partial charge in [-0.1, -0.05) is 19.1 Å². The van der Waals surface area contributed by atoms with Crippen LogP contribution in [0.4, 0.5) is 0 Å². The van der Waals surface area contributed by atoms with Gasteiger partial charge < -0.3 is 9.52 Å². The number of hydrogen-bond donors (Lipinski definition) is 1. The highest BCUT2D eigenvalue weighted by Gasteiger charge is 2.16. The van der Waals surface area contributed by atoms with Gasteiger partial charge in [0.2, 0.25) is 0 Å². The third-order valence-corrected chi connectivity index (χ3v) is 5.63. The van der Waals surface area contributed by atoms with Gasteiger partial charge in [-0.25, -0.2) is 8.42 Å². The van der Waals surface area contributed by atoms with E-state index < -0.39 is 15.9 Å². The van der Waals surface area contributed by atoms with Crippen LogP contribution in [0.1, 0.15) is 31.6 Å². The fourth-order valence-electron chi connectivity index (χ4n) is 1.99. The predicted octanol–water partition coefficient (Wildman–Crippen LogP) is 3.44. The van der Waals surface area contributed by atoms with Crippen LogP contribution in [-0.4, -0.2) is 25.0 Å². The maximum atomic E-state index is 11.4. The van der Waals surface area contributed by atoms with Gasteiger partial charge in [-0.15, -0.1) is 0 Å². The van der Waals surface area contributed by atoms with Crippen LogP contribution in [0.25, 0.3) is 11.0 Å². The second kappa shape index (κ2) is 6.28. The molecule has 1 aromatic heterocycles. The fourth-order valence-corrected chi connectivity index (χ4v) is 3.35. The van der Waals surface area contributed by atoms with Gasteiger partial charge in [-0.3, -0.25) is 0 Å². The van der Waals surface area contributed by atoms with E-state index in [9.17, 15) is 13.5 Å². The summed E-state index contributed by atoms with van der Waals surface area (Å²) in [5, 5.41) is 11.0. The molecule has 0 saturated carbocycles. The van der Waals surface area contributed by atoms with Crippen LogP contribution in [0, 0.1) is 0 Å². The number of sulfone groups is 1. The first-order valence-electron chi connectivity index (χ1n) is 6.49. The van der Waals surface area contributed by atoms with E-state index in [-0.39, 0.29) is 11.5 Å². The molecule has 1 heterocycles. The predicted molar refractivity (Wildman–Crippen MR) is 82.4 cm³/mol. The topological polar surface area (TPSA) is 67.5 Å². The molecule has 1 aromatic carbocycles. The number of aliphatic hydroxyl groups excluding tert-OH is 1. The molecule has 6 heteroatoms. The molecule has 1 N–H and O–H groups in total. The lowest BCUT2D eigenvalue weighted by Crippen LogP contribution is -2.09. The van der Waals surface area contributed by atoms with Crippen molar-refractivity contribution in [1.29, 1.82) is 0 Å². The van der Waals surface area contributed by atoms with Crippen LogP contribution in [0.2, 0.25) is 0 Å². The smallest absolute Gasteiger partial charge is 0.150 e. The zero-order valence-corrected chi connectivity index (χ0v) is 13.6. The lowest BCUT2D eigenvalue weighted by atomic mass is 10.1. The SMILES string of the molecule is CCS(=O)(=O)CCCC(O)c1cc2cccc(Br)c2o1. The Morgan fingerprint density at radius 3 is 2.80 bits per heavy atom. The van der Waals surface area contributed by atoms with Crippen molar-refractivity contribution in [3.8, 4) is 0 Å². The number of rotatable bonds is 6. The summed E-state index contributed by atoms with van der Waals surface area (Å²) >= 11 is 3.39. The molecule has 0 aliphatic rings. The van der Waals surface area contributed by atoms with E-state index in [1.807, 2.05) is 18.2 Å². The molecule has 1 atom stereocenters. The Labute approximate surface area is 126 Å². The van der Waals surface area contributed by atoms with Crippen LogP contribution in [0.15, 0.2) is 33.2 Å². The Morgan fingerprint density at radius 1 is 1.40 bits per heavy atom. The van der Waals surface area contributed by atoms with Gasteiger partial charge in [0.1, 0.15) is 27.3 Å². The average molecular weight is 361 g/mol. The molecule has 0 fully saturated rings. The molecule has 0 amide bonds. The van der Waals surface area contributed by atoms with Gasteiger partial charge in [0.15, 0.2) is 0 Å². The monoisotopic (exact) mass is 360 g/mol. The van der Waals surface area contributed by atoms with Crippen molar-refractivity contribution in [2.24, 2.45) is 0 Å². The minimum atomic E-state index is -2.98. The third-order valence-electron chi connectivity index (χ3n) is 3.22. The van der Waals surface area contributed by atoms with Crippen molar-refractivity contribution < 1.29 is 17.9 Å². The Kier molecular flexibility index (Phi) is 4.88. The van der Waals surface area contributed by atoms with Crippen LogP contribution in [-0.2, 0) is 9.84 Å². The van der Waals surface area contributed by atoms with E-state index in [1.165, 1.54) is 0 Å². The highest BCUT2D eigenvalue weighted by atomic mass is 79.9. The molecule has 1 unspecified atom stereocenters. The summed E-state index contributed by atoms with van der Waals surface area (Å²) in [6.07, 6.45) is 0.0213. The minimum absolute atomic E-state index is 0.102. The number of halogens is 1. The fraction of sp³-hybridized carbons (Fsp3) is 0.429. The van der Waals surface area contributed by atoms with Crippen LogP contribution in [0.5, 0.6) is 0 Å². The molecule has 0 aliphatic heterocycles. The van der Waals surface area contributed by atoms with Gasteiger partial charge in [-0.05, 0) is 40.9 Å². The number of fused-ring (bicyclic) bond motifs is 1. The van der Waals surface area contributed by atoms with Crippen molar-refractivity contribution in [3.05, 3.63) is 34.5 Å². The summed E-state index contributed by atoms with van der Waals surface area (Å²) in [6, 6.07) is 7.46. The van der Waals surface area contributed by atoms with E-state index in [2.05, 4.69) is 15.9 Å². The molecule has 2 rings (SSSR count). The first-order chi connectivity index (χ1) is 9.43. The van der Waals surface area contributed by atoms with E-state index in [4.69, 9.17) is 4.42 Å². The summed E-state index contributed by atoms with van der Waals surface area (Å²) in [5.41, 5.74) is 0.697. The molecule has 20 heavy (non-hydrogen) atoms. The van der Waals surface area contributed by atoms with Crippen molar-refractivity contribution in [1.82, 2.24) is 0 Å². The summed E-state index contributed by atoms with van der Waals surface area (Å²) in [7, 11) is -2.98. The normalized spacial score (nSPS) is 13.8. The van der Waals surface area contributed by atoms with Gasteiger partial charge >= 0.3 is 0 Å². The first-order valence-corrected chi connectivity index (χ1v) is 9.11. The molecule has 0 aliphatic carbocycles. The number of para-hydroxylation sites is 1. The van der Waals surface area contributed by atoms with Crippen LogP contribution in [0.3, 0.4) is 0 Å². The number of furan rings is 1. The molecule has 0 saturated heterocycles. The van der Waals surface area contributed by atoms with Crippen LogP contribution < -0.4 is 0 Å². The van der Waals surface area contributed by atoms with Gasteiger partial charge in [-0.2, -0.15) is 0 Å². The molecule has 4 nitrogen and oxygen atoms in total. The van der Waals surface area contributed by atoms with E-state index in [1.54, 1.807) is 13.0 Å². The maximum absolute atomic E-state index is 11.4. The Morgan fingerprint density at radius 2 is 2.15 bits per heavy atom. The molecule has 0 radical (unpaired) electrons. The van der Waals surface area contributed by atoms with Crippen molar-refractivity contribution in [2.75, 3.05) is 11.5 Å². The van der Waals surface area contributed by atoms with Gasteiger partial charge in [0.25, 0.3) is 0 Å². The van der Waals surface area contributed by atoms with Gasteiger partial charge in [0.05, 0.1) is 10.2 Å². The summed E-state index contributed by atoms with van der Waals surface area (Å²) in [5.74, 6) is 0.714. The Balaban J connectivity index is 2.04. The average Bonchev–Trinajstić information content (AvgIpc) is 2.84. The lowest BCUT2D eigenvalue weighted by Gasteiger charge is -2.07. The molecular formula is C14H17BrO4S. The standard InChI is InChI=1S/C14H17BrO4S/c1-2-20(17,18)8-4-7-12(16)13-9-10-5-3-6-11(15)14(10)19-13/h3,5-6,9,12,16H,2,4,7-8H2,1H3. The number of benzene rings is 1. The molecule has 0 spiro atoms. The Bertz CT molecular complexity index is 690. The van der Waals surface area contributed by atoms with E-state index in [0.717, 1.165) is 9.86 Å².